The van der Waals surface area contributed by atoms with Crippen LogP contribution in [0.5, 0.6) is 0 Å². The quantitative estimate of drug-likeness (QED) is 0.0167. The molecule has 0 atom stereocenters. The number of aryl methyl sites for hydroxylation is 1. The maximum absolute atomic E-state index is 12.6. The summed E-state index contributed by atoms with van der Waals surface area (Å²) in [5.41, 5.74) is 28.8. The largest absolute Gasteiger partial charge is 0.383 e. The molecule has 2 aliphatic heterocycles. The summed E-state index contributed by atoms with van der Waals surface area (Å²) in [5.74, 6) is 1.42. The molecule has 4 amide bonds. The number of nitrogens with one attached hydrogen (secondary N) is 4. The molecule has 670 valence electrons. The van der Waals surface area contributed by atoms with E-state index in [1.807, 2.05) is 109 Å². The fraction of sp³-hybridized carbons (Fsp3) is 0.351. The average molecular weight is 1880 g/mol. The van der Waals surface area contributed by atoms with E-state index in [9.17, 15) is 19.2 Å². The molecule has 0 aliphatic carbocycles. The van der Waals surface area contributed by atoms with Crippen LogP contribution in [0.1, 0.15) is 145 Å². The number of fused-ring (bicyclic) bond motifs is 4. The van der Waals surface area contributed by atoms with E-state index in [1.165, 1.54) is 83.3 Å². The minimum absolute atomic E-state index is 0.136. The second kappa shape index (κ2) is 50.4. The van der Waals surface area contributed by atoms with Crippen molar-refractivity contribution in [3.8, 4) is 0 Å². The number of amides is 4. The number of ether oxygens (including phenoxy) is 5. The molecule has 11 heterocycles. The Balaban J connectivity index is 0.000000154. The molecule has 0 spiro atoms. The number of nitrogen functional groups attached to an aromatic ring is 4. The normalized spacial score (nSPS) is 12.9. The number of likely N-dealkylation sites (tertiary alicyclic amines) is 1. The van der Waals surface area contributed by atoms with Crippen LogP contribution < -0.4 is 44.2 Å². The Morgan fingerprint density at radius 3 is 1.04 bits per heavy atom. The van der Waals surface area contributed by atoms with Gasteiger partial charge < -0.3 is 77.7 Å². The summed E-state index contributed by atoms with van der Waals surface area (Å²) in [4.78, 5) is 83.9. The number of rotatable bonds is 38. The minimum atomic E-state index is -0.157. The fourth-order valence-corrected chi connectivity index (χ4v) is 19.3. The third-order valence-electron chi connectivity index (χ3n) is 21.3. The number of thiophene rings is 4. The molecule has 0 radical (unpaired) electrons. The van der Waals surface area contributed by atoms with Crippen LogP contribution in [0, 0.1) is 0 Å². The molecular formula is C94H108Cl4N16O9S4. The van der Waals surface area contributed by atoms with Crippen molar-refractivity contribution in [2.24, 2.45) is 0 Å². The topological polar surface area (TPSA) is 341 Å². The minimum Gasteiger partial charge on any atom is -0.383 e. The molecule has 0 saturated carbocycles. The van der Waals surface area contributed by atoms with Gasteiger partial charge in [-0.15, -0.1) is 45.3 Å². The van der Waals surface area contributed by atoms with Crippen molar-refractivity contribution >= 4 is 182 Å². The Morgan fingerprint density at radius 2 is 0.709 bits per heavy atom. The second-order valence-electron chi connectivity index (χ2n) is 30.4. The molecule has 13 aromatic rings. The van der Waals surface area contributed by atoms with Crippen LogP contribution in [0.15, 0.2) is 171 Å². The van der Waals surface area contributed by atoms with Crippen molar-refractivity contribution in [1.82, 2.24) is 60.9 Å². The molecule has 0 bridgehead atoms. The molecule has 33 heteroatoms. The van der Waals surface area contributed by atoms with E-state index in [1.54, 1.807) is 61.4 Å². The molecule has 2 aliphatic rings. The van der Waals surface area contributed by atoms with Crippen molar-refractivity contribution in [1.29, 1.82) is 0 Å². The van der Waals surface area contributed by atoms with Gasteiger partial charge in [0.25, 0.3) is 23.6 Å². The zero-order valence-corrected chi connectivity index (χ0v) is 77.6. The molecule has 12 N–H and O–H groups in total. The van der Waals surface area contributed by atoms with Crippen LogP contribution in [0.4, 0.5) is 23.3 Å². The third kappa shape index (κ3) is 29.7. The van der Waals surface area contributed by atoms with Crippen molar-refractivity contribution in [3.05, 3.63) is 258 Å². The molecule has 25 nitrogen and oxygen atoms in total. The Bertz CT molecular complexity index is 5580. The smallest absolute Gasteiger partial charge is 0.261 e. The summed E-state index contributed by atoms with van der Waals surface area (Å²) in [5, 5.41) is 21.7. The first-order valence-corrected chi connectivity index (χ1v) is 47.3. The molecule has 2 fully saturated rings. The highest BCUT2D eigenvalue weighted by atomic mass is 35.5. The number of carbonyl (C=O) groups is 4. The number of anilines is 4. The highest BCUT2D eigenvalue weighted by molar-refractivity contribution is 7.15. The Morgan fingerprint density at radius 1 is 0.394 bits per heavy atom. The number of carbonyl (C=O) groups excluding carboxylic acids is 4. The standard InChI is InChI=1S/C24H23ClN4O2S.C24H29ClN4O2S.C23H27ClN4O3S.C23H29ClN4O2S/c25-20-13-21(32-22(20)15-31-11-1-2-16-5-8-27-9-6-16)24(30)29-14-17-3-4-19-18(12-17)7-10-28-23(19)26;25-20-14-21(32-22(20)16-31-12-4-11-29-9-2-1-3-10-29)24(30)28-15-17-5-6-19-18(13-17)7-8-27-23(19)26;24-19-13-20(32-21(19)15-31-9-1-6-28-7-10-30-11-8-28)23(29)27-14-16-2-3-18-17(12-16)4-5-26-22(18)25;1-3-28(4-2)10-5-11-30-15-21-19(24)13-20(31-21)23(29)27-14-16-6-7-18-17(12-16)8-9-26-22(18)25/h3-10,12-13H,1-2,11,14-15H2,(H2,26,28)(H,29,30);5-8,13-14H,1-4,9-12,15-16H2,(H2,26,27)(H,28,30);2-5,12-13H,1,6-11,14-15H2,(H2,25,26)(H,27,29);6-9,12-13H,3-5,10-11,14-15H2,1-2H3,(H2,25,26)(H,27,29). The van der Waals surface area contributed by atoms with Gasteiger partial charge in [-0.25, -0.2) is 19.9 Å². The Labute approximate surface area is 776 Å². The highest BCUT2D eigenvalue weighted by Crippen LogP contribution is 2.34. The van der Waals surface area contributed by atoms with Crippen molar-refractivity contribution in [2.75, 3.05) is 121 Å². The molecule has 2 saturated heterocycles. The first-order valence-electron chi connectivity index (χ1n) is 42.5. The summed E-state index contributed by atoms with van der Waals surface area (Å²) >= 11 is 30.8. The number of aromatic nitrogens is 5. The molecule has 15 rings (SSSR count). The number of nitrogens with two attached hydrogens (primary N) is 4. The average Bonchev–Trinajstić information content (AvgIpc) is 1.83. The van der Waals surface area contributed by atoms with Gasteiger partial charge in [0.2, 0.25) is 0 Å². The van der Waals surface area contributed by atoms with E-state index >= 15 is 0 Å². The van der Waals surface area contributed by atoms with Gasteiger partial charge in [-0.05, 0) is 205 Å². The van der Waals surface area contributed by atoms with E-state index in [4.69, 9.17) is 93.0 Å². The monoisotopic (exact) mass is 1870 g/mol. The maximum atomic E-state index is 12.6. The Hall–Kier alpha value is -9.61. The van der Waals surface area contributed by atoms with Gasteiger partial charge in [0.15, 0.2) is 0 Å². The van der Waals surface area contributed by atoms with Gasteiger partial charge in [-0.3, -0.25) is 29.1 Å². The molecule has 4 aromatic carbocycles. The number of hydrogen-bond acceptors (Lipinski definition) is 25. The lowest BCUT2D eigenvalue weighted by Crippen LogP contribution is -2.37. The maximum Gasteiger partial charge on any atom is 0.261 e. The number of pyridine rings is 5. The van der Waals surface area contributed by atoms with E-state index < -0.39 is 0 Å². The second-order valence-corrected chi connectivity index (χ2v) is 36.6. The van der Waals surface area contributed by atoms with Crippen LogP contribution in [-0.2, 0) is 82.7 Å². The fourth-order valence-electron chi connectivity index (χ4n) is 14.3. The van der Waals surface area contributed by atoms with Gasteiger partial charge in [0.05, 0.1) is 79.2 Å². The molecular weight excluding hydrogens is 1770 g/mol. The SMILES string of the molecule is CCN(CC)CCCOCc1sc(C(=O)NCc2ccc3c(N)nccc3c2)cc1Cl.Nc1nccc2cc(CNC(=O)c3cc(Cl)c(COCCCN4CCCCC4)s3)ccc12.Nc1nccc2cc(CNC(=O)c3cc(Cl)c(COCCCN4CCOCC4)s3)ccc12.Nc1nccc2cc(CNC(=O)c3cc(Cl)c(COCCCc4ccncc4)s3)ccc12. The van der Waals surface area contributed by atoms with E-state index in [2.05, 4.69) is 74.7 Å². The summed E-state index contributed by atoms with van der Waals surface area (Å²) in [7, 11) is 0. The number of piperidine rings is 1. The van der Waals surface area contributed by atoms with Crippen LogP contribution in [0.3, 0.4) is 0 Å². The van der Waals surface area contributed by atoms with Gasteiger partial charge in [-0.2, -0.15) is 0 Å². The summed E-state index contributed by atoms with van der Waals surface area (Å²) in [6, 6.07) is 42.0. The number of hydrogen-bond donors (Lipinski definition) is 8. The molecule has 0 unspecified atom stereocenters. The number of halogens is 4. The number of benzene rings is 4. The van der Waals surface area contributed by atoms with Gasteiger partial charge in [0.1, 0.15) is 23.3 Å². The van der Waals surface area contributed by atoms with Gasteiger partial charge >= 0.3 is 0 Å². The van der Waals surface area contributed by atoms with E-state index in [0.29, 0.717) is 142 Å². The zero-order chi connectivity index (χ0) is 89.2. The lowest BCUT2D eigenvalue weighted by atomic mass is 10.1. The highest BCUT2D eigenvalue weighted by Gasteiger charge is 2.21. The predicted octanol–water partition coefficient (Wildman–Crippen LogP) is 18.3. The van der Waals surface area contributed by atoms with Crippen LogP contribution in [0.2, 0.25) is 20.1 Å². The number of nitrogens with zero attached hydrogens (tertiary/aromatic N) is 8. The summed E-state index contributed by atoms with van der Waals surface area (Å²) < 4.78 is 28.5. The van der Waals surface area contributed by atoms with Crippen molar-refractivity contribution in [3.63, 3.8) is 0 Å². The Kier molecular flexibility index (Phi) is 38.3. The lowest BCUT2D eigenvalue weighted by Gasteiger charge is -2.26. The van der Waals surface area contributed by atoms with E-state index in [0.717, 1.165) is 176 Å². The zero-order valence-electron chi connectivity index (χ0n) is 71.3. The molecule has 9 aromatic heterocycles. The van der Waals surface area contributed by atoms with Gasteiger partial charge in [0, 0.05) is 164 Å². The number of morpholine rings is 1. The van der Waals surface area contributed by atoms with Crippen LogP contribution in [-0.4, -0.2) is 162 Å². The van der Waals surface area contributed by atoms with Gasteiger partial charge in [-0.1, -0.05) is 115 Å². The molecule has 127 heavy (non-hydrogen) atoms. The third-order valence-corrected chi connectivity index (χ3v) is 27.6. The summed E-state index contributed by atoms with van der Waals surface area (Å²) in [6.45, 7) is 21.6. The van der Waals surface area contributed by atoms with Crippen molar-refractivity contribution < 1.29 is 42.9 Å². The summed E-state index contributed by atoms with van der Waals surface area (Å²) in [6.07, 6.45) is 19.1. The first-order chi connectivity index (χ1) is 61.8. The predicted molar refractivity (Wildman–Crippen MR) is 517 cm³/mol. The van der Waals surface area contributed by atoms with E-state index in [-0.39, 0.29) is 23.6 Å². The van der Waals surface area contributed by atoms with Crippen LogP contribution in [0.25, 0.3) is 43.1 Å². The van der Waals surface area contributed by atoms with Crippen molar-refractivity contribution in [2.45, 2.75) is 118 Å². The van der Waals surface area contributed by atoms with Crippen LogP contribution >= 0.6 is 91.8 Å². The lowest BCUT2D eigenvalue weighted by molar-refractivity contribution is 0.0311. The first kappa shape index (κ1) is 96.5.